The second-order valence-corrected chi connectivity index (χ2v) is 18.8. The molecule has 0 bridgehead atoms. The Morgan fingerprint density at radius 2 is 1.29 bits per heavy atom. The van der Waals surface area contributed by atoms with Crippen molar-refractivity contribution in [3.05, 3.63) is 118 Å². The van der Waals surface area contributed by atoms with Crippen molar-refractivity contribution in [1.29, 1.82) is 0 Å². The van der Waals surface area contributed by atoms with E-state index in [9.17, 15) is 4.79 Å². The fourth-order valence-corrected chi connectivity index (χ4v) is 12.8. The zero-order chi connectivity index (χ0) is 24.9. The predicted octanol–water partition coefficient (Wildman–Crippen LogP) is 8.18. The molecular weight excluding hydrogens is 605 g/mol. The van der Waals surface area contributed by atoms with E-state index in [-0.39, 0.29) is 5.91 Å². The summed E-state index contributed by atoms with van der Waals surface area (Å²) in [5.74, 6) is -0.0128. The number of hydrogen-bond donors (Lipinski definition) is 1. The van der Waals surface area contributed by atoms with Gasteiger partial charge in [-0.2, -0.15) is 0 Å². The van der Waals surface area contributed by atoms with Gasteiger partial charge in [-0.05, 0) is 0 Å². The third-order valence-electron chi connectivity index (χ3n) is 6.25. The van der Waals surface area contributed by atoms with Crippen molar-refractivity contribution >= 4 is 75.8 Å². The van der Waals surface area contributed by atoms with Crippen LogP contribution in [0.15, 0.2) is 108 Å². The Hall–Kier alpha value is -1.97. The normalized spacial score (nSPS) is 12.5. The molecular formula is C29H27Br2ClNOP. The number of amides is 1. The Morgan fingerprint density at radius 3 is 1.71 bits per heavy atom. The third kappa shape index (κ3) is 5.13. The molecule has 0 heterocycles. The summed E-state index contributed by atoms with van der Waals surface area (Å²) < 4.78 is 0.800. The predicted molar refractivity (Wildman–Crippen MR) is 160 cm³/mol. The fourth-order valence-electron chi connectivity index (χ4n) is 4.53. The first-order valence-corrected chi connectivity index (χ1v) is 17.2. The van der Waals surface area contributed by atoms with Crippen LogP contribution in [0.25, 0.3) is 0 Å². The molecule has 0 saturated heterocycles. The quantitative estimate of drug-likeness (QED) is 0.195. The molecule has 0 radical (unpaired) electrons. The van der Waals surface area contributed by atoms with Gasteiger partial charge in [0.2, 0.25) is 0 Å². The van der Waals surface area contributed by atoms with E-state index in [2.05, 4.69) is 110 Å². The van der Waals surface area contributed by atoms with E-state index in [1.807, 2.05) is 37.3 Å². The van der Waals surface area contributed by atoms with E-state index in [1.54, 1.807) is 0 Å². The molecule has 35 heavy (non-hydrogen) atoms. The van der Waals surface area contributed by atoms with Crippen LogP contribution in [0, 0.1) is 0 Å². The van der Waals surface area contributed by atoms with Crippen molar-refractivity contribution < 1.29 is 4.79 Å². The molecule has 0 aliphatic heterocycles. The zero-order valence-corrected chi connectivity index (χ0v) is 24.2. The molecule has 2 nitrogen and oxygen atoms in total. The van der Waals surface area contributed by atoms with E-state index < -0.39 is 5.31 Å². The minimum atomic E-state index is -3.23. The van der Waals surface area contributed by atoms with Crippen LogP contribution in [0.4, 0.5) is 5.69 Å². The van der Waals surface area contributed by atoms with Crippen molar-refractivity contribution in [2.75, 3.05) is 5.32 Å². The average molecular weight is 632 g/mol. The van der Waals surface area contributed by atoms with Gasteiger partial charge < -0.3 is 0 Å². The fraction of sp³-hybridized carbons (Fsp3) is 0.138. The summed E-state index contributed by atoms with van der Waals surface area (Å²) in [4.78, 5) is 12.6. The summed E-state index contributed by atoms with van der Waals surface area (Å²) in [7, 11) is 0. The Morgan fingerprint density at radius 1 is 0.829 bits per heavy atom. The molecule has 0 saturated carbocycles. The Bertz CT molecular complexity index is 1220. The second kappa shape index (κ2) is 11.0. The van der Waals surface area contributed by atoms with Gasteiger partial charge in [-0.25, -0.2) is 0 Å². The Balaban J connectivity index is 2.04. The molecule has 0 aliphatic carbocycles. The average Bonchev–Trinajstić information content (AvgIpc) is 2.89. The first kappa shape index (κ1) is 26.1. The van der Waals surface area contributed by atoms with Crippen molar-refractivity contribution in [3.8, 4) is 0 Å². The van der Waals surface area contributed by atoms with Crippen LogP contribution in [-0.2, 0) is 11.0 Å². The summed E-state index contributed by atoms with van der Waals surface area (Å²) in [6, 6.07) is 35.8. The molecule has 4 aromatic rings. The number of hydrogen-bond acceptors (Lipinski definition) is 1. The maximum absolute atomic E-state index is 12.6. The Kier molecular flexibility index (Phi) is 8.18. The number of anilines is 1. The number of carbonyl (C=O) groups is 1. The van der Waals surface area contributed by atoms with Crippen LogP contribution in [0.5, 0.6) is 0 Å². The van der Waals surface area contributed by atoms with Crippen molar-refractivity contribution in [2.24, 2.45) is 0 Å². The number of rotatable bonds is 8. The van der Waals surface area contributed by atoms with Gasteiger partial charge in [0.05, 0.1) is 0 Å². The summed E-state index contributed by atoms with van der Waals surface area (Å²) >= 11 is 14.6. The van der Waals surface area contributed by atoms with Crippen molar-refractivity contribution in [2.45, 2.75) is 25.9 Å². The molecule has 4 aromatic carbocycles. The van der Waals surface area contributed by atoms with E-state index in [0.29, 0.717) is 17.6 Å². The summed E-state index contributed by atoms with van der Waals surface area (Å²) in [6.45, 7) is 2.00. The topological polar surface area (TPSA) is 29.1 Å². The van der Waals surface area contributed by atoms with Crippen LogP contribution >= 0.6 is 48.3 Å². The molecule has 1 N–H and O–H groups in total. The first-order valence-electron chi connectivity index (χ1n) is 11.5. The van der Waals surface area contributed by atoms with E-state index in [1.165, 1.54) is 15.9 Å². The molecule has 0 atom stereocenters. The van der Waals surface area contributed by atoms with E-state index in [4.69, 9.17) is 11.6 Å². The molecule has 0 aliphatic rings. The van der Waals surface area contributed by atoms with Crippen LogP contribution < -0.4 is 21.2 Å². The van der Waals surface area contributed by atoms with Crippen LogP contribution in [-0.4, -0.2) is 5.91 Å². The number of benzene rings is 4. The van der Waals surface area contributed by atoms with E-state index >= 15 is 0 Å². The van der Waals surface area contributed by atoms with Gasteiger partial charge in [-0.3, -0.25) is 0 Å². The van der Waals surface area contributed by atoms with Crippen LogP contribution in [0.1, 0.15) is 25.3 Å². The summed E-state index contributed by atoms with van der Waals surface area (Å²) in [5, 5.41) is 4.11. The van der Waals surface area contributed by atoms with E-state index in [0.717, 1.165) is 22.1 Å². The van der Waals surface area contributed by atoms with Crippen molar-refractivity contribution in [3.63, 3.8) is 0 Å². The molecule has 0 aromatic heterocycles. The molecule has 0 fully saturated rings. The first-order chi connectivity index (χ1) is 16.9. The minimum absolute atomic E-state index is 0.0128. The van der Waals surface area contributed by atoms with Gasteiger partial charge >= 0.3 is 230 Å². The Labute approximate surface area is 228 Å². The van der Waals surface area contributed by atoms with Gasteiger partial charge in [-0.15, -0.1) is 0 Å². The van der Waals surface area contributed by atoms with Gasteiger partial charge in [0, 0.05) is 0 Å². The van der Waals surface area contributed by atoms with Crippen LogP contribution in [0.3, 0.4) is 0 Å². The number of nitrogens with one attached hydrogen (secondary N) is 1. The van der Waals surface area contributed by atoms with Gasteiger partial charge in [-0.1, -0.05) is 0 Å². The maximum atomic E-state index is 12.6. The van der Waals surface area contributed by atoms with Gasteiger partial charge in [0.1, 0.15) is 0 Å². The SMILES string of the molecule is CCCC(=O)Nc1cc(Cl)c(Br)cc1CP(Br)(c1ccccc1)(c1ccccc1)c1ccccc1. The zero-order valence-electron chi connectivity index (χ0n) is 19.4. The second-order valence-electron chi connectivity index (χ2n) is 8.57. The molecule has 4 rings (SSSR count). The third-order valence-corrected chi connectivity index (χ3v) is 16.9. The summed E-state index contributed by atoms with van der Waals surface area (Å²) in [6.07, 6.45) is 1.89. The van der Waals surface area contributed by atoms with Crippen molar-refractivity contribution in [1.82, 2.24) is 0 Å². The molecule has 0 spiro atoms. The molecule has 1 amide bonds. The summed E-state index contributed by atoms with van der Waals surface area (Å²) in [5.41, 5.74) is 1.75. The van der Waals surface area contributed by atoms with Crippen LogP contribution in [0.2, 0.25) is 5.02 Å². The number of halogens is 3. The van der Waals surface area contributed by atoms with Gasteiger partial charge in [0.25, 0.3) is 0 Å². The standard InChI is InChI=1S/C29H27Br2ClNOP/c1-2-12-29(34)33-28-20-27(32)26(30)19-22(28)21-35(31,23-13-6-3-7-14-23,24-15-8-4-9-16-24)25-17-10-5-11-18-25/h3-11,13-20H,2,12,21H2,1H3,(H,33,34). The molecule has 0 unspecified atom stereocenters. The molecule has 6 heteroatoms. The monoisotopic (exact) mass is 629 g/mol. The molecule has 180 valence electrons. The number of carbonyl (C=O) groups excluding carboxylic acids is 1. The van der Waals surface area contributed by atoms with Gasteiger partial charge in [0.15, 0.2) is 0 Å².